The zero-order valence-electron chi connectivity index (χ0n) is 14.0. The van der Waals surface area contributed by atoms with Crippen molar-refractivity contribution in [1.82, 2.24) is 9.97 Å². The lowest BCUT2D eigenvalue weighted by Crippen LogP contribution is -2.09. The van der Waals surface area contributed by atoms with Crippen LogP contribution in [0.3, 0.4) is 0 Å². The molecule has 0 aliphatic carbocycles. The second kappa shape index (κ2) is 7.77. The van der Waals surface area contributed by atoms with Gasteiger partial charge in [-0.2, -0.15) is 5.26 Å². The molecule has 0 atom stereocenters. The Morgan fingerprint density at radius 3 is 2.79 bits per heavy atom. The summed E-state index contributed by atoms with van der Waals surface area (Å²) in [5.41, 5.74) is 0.514. The highest BCUT2D eigenvalue weighted by atomic mass is 35.5. The molecule has 1 heterocycles. The van der Waals surface area contributed by atoms with Gasteiger partial charge in [0.15, 0.2) is 11.6 Å². The fourth-order valence-corrected chi connectivity index (χ4v) is 2.58. The number of aromatic amines is 1. The molecule has 0 radical (unpaired) electrons. The molecule has 3 aromatic rings. The predicted octanol–water partition coefficient (Wildman–Crippen LogP) is 3.77. The first-order chi connectivity index (χ1) is 13.4. The van der Waals surface area contributed by atoms with E-state index in [1.807, 2.05) is 6.07 Å². The Hall–Kier alpha value is -3.90. The number of aromatic nitrogens is 2. The number of halogens is 1. The van der Waals surface area contributed by atoms with Crippen LogP contribution in [0.25, 0.3) is 16.6 Å². The Balaban J connectivity index is 1.80. The first kappa shape index (κ1) is 18.9. The van der Waals surface area contributed by atoms with E-state index in [1.54, 1.807) is 24.3 Å². The van der Waals surface area contributed by atoms with Gasteiger partial charge < -0.3 is 14.8 Å². The van der Waals surface area contributed by atoms with Crippen LogP contribution in [0.1, 0.15) is 16.2 Å². The molecule has 28 heavy (non-hydrogen) atoms. The molecule has 0 amide bonds. The summed E-state index contributed by atoms with van der Waals surface area (Å²) in [5, 5.41) is 30.3. The fraction of sp³-hybridized carbons (Fsp3) is 0.0556. The van der Waals surface area contributed by atoms with Crippen molar-refractivity contribution in [3.8, 4) is 6.07 Å². The van der Waals surface area contributed by atoms with Crippen molar-refractivity contribution < 1.29 is 19.6 Å². The largest absolute Gasteiger partial charge is 0.507 e. The van der Waals surface area contributed by atoms with Crippen molar-refractivity contribution in [3.63, 3.8) is 0 Å². The number of ether oxygens (including phenoxy) is 1. The number of carbonyl (C=O) groups excluding carboxylic acids is 1. The molecular weight excluding hydrogens is 388 g/mol. The smallest absolute Gasteiger partial charge is 0.338 e. The number of H-pyrrole nitrogens is 1. The summed E-state index contributed by atoms with van der Waals surface area (Å²) >= 11 is 5.70. The van der Waals surface area contributed by atoms with E-state index in [-0.39, 0.29) is 22.0 Å². The van der Waals surface area contributed by atoms with Crippen molar-refractivity contribution in [1.29, 1.82) is 5.26 Å². The number of aliphatic hydroxyl groups excluding tert-OH is 1. The van der Waals surface area contributed by atoms with Gasteiger partial charge in [-0.1, -0.05) is 23.7 Å². The zero-order chi connectivity index (χ0) is 20.3. The van der Waals surface area contributed by atoms with E-state index >= 15 is 0 Å². The normalized spacial score (nSPS) is 11.6. The number of hydrogen-bond acceptors (Lipinski definition) is 7. The van der Waals surface area contributed by atoms with Crippen molar-refractivity contribution in [2.75, 3.05) is 6.61 Å². The number of esters is 1. The molecule has 0 bridgehead atoms. The summed E-state index contributed by atoms with van der Waals surface area (Å²) in [4.78, 5) is 29.4. The van der Waals surface area contributed by atoms with Crippen LogP contribution in [-0.2, 0) is 4.74 Å². The second-order valence-corrected chi connectivity index (χ2v) is 5.94. The first-order valence-corrected chi connectivity index (χ1v) is 8.17. The van der Waals surface area contributed by atoms with Crippen LogP contribution < -0.4 is 0 Å². The average molecular weight is 399 g/mol. The van der Waals surface area contributed by atoms with E-state index in [0.29, 0.717) is 11.0 Å². The third kappa shape index (κ3) is 3.77. The van der Waals surface area contributed by atoms with Crippen LogP contribution in [0.15, 0.2) is 48.2 Å². The highest BCUT2D eigenvalue weighted by molar-refractivity contribution is 6.32. The number of allylic oxidation sites excluding steroid dienone is 1. The first-order valence-electron chi connectivity index (χ1n) is 7.79. The standard InChI is InChI=1S/C18H11ClN4O5/c19-12-6-5-10(7-15(12)23(26)27)18(25)28-9-16(24)11(8-20)17-21-13-3-1-2-4-14(13)22-17/h1-7,24H,9H2,(H,21,22)/b16-11-. The second-order valence-electron chi connectivity index (χ2n) is 5.54. The summed E-state index contributed by atoms with van der Waals surface area (Å²) in [7, 11) is 0. The van der Waals surface area contributed by atoms with Gasteiger partial charge in [0.2, 0.25) is 0 Å². The number of rotatable bonds is 5. The molecule has 2 aromatic carbocycles. The van der Waals surface area contributed by atoms with Crippen LogP contribution in [0, 0.1) is 21.4 Å². The molecular formula is C18H11ClN4O5. The minimum Gasteiger partial charge on any atom is -0.507 e. The maximum atomic E-state index is 12.1. The number of carbonyl (C=O) groups is 1. The van der Waals surface area contributed by atoms with Gasteiger partial charge in [-0.25, -0.2) is 9.78 Å². The molecule has 0 spiro atoms. The number of imidazole rings is 1. The SMILES string of the molecule is N#C/C(=C(/O)COC(=O)c1ccc(Cl)c([N+](=O)[O-])c1)c1nc2ccccc2[nH]1. The lowest BCUT2D eigenvalue weighted by molar-refractivity contribution is -0.384. The molecule has 140 valence electrons. The number of nitrogens with zero attached hydrogens (tertiary/aromatic N) is 3. The lowest BCUT2D eigenvalue weighted by atomic mass is 10.2. The molecule has 2 N–H and O–H groups in total. The lowest BCUT2D eigenvalue weighted by Gasteiger charge is -2.06. The Morgan fingerprint density at radius 1 is 1.36 bits per heavy atom. The quantitative estimate of drug-likeness (QED) is 0.219. The van der Waals surface area contributed by atoms with E-state index in [2.05, 4.69) is 9.97 Å². The van der Waals surface area contributed by atoms with Gasteiger partial charge in [-0.15, -0.1) is 0 Å². The number of nitriles is 1. The maximum Gasteiger partial charge on any atom is 0.338 e. The highest BCUT2D eigenvalue weighted by Crippen LogP contribution is 2.25. The number of para-hydroxylation sites is 2. The number of aliphatic hydroxyl groups is 1. The van der Waals surface area contributed by atoms with Gasteiger partial charge in [0.25, 0.3) is 5.69 Å². The van der Waals surface area contributed by atoms with Crippen molar-refractivity contribution >= 4 is 39.9 Å². The zero-order valence-corrected chi connectivity index (χ0v) is 14.8. The number of fused-ring (bicyclic) bond motifs is 1. The highest BCUT2D eigenvalue weighted by Gasteiger charge is 2.19. The molecule has 1 aromatic heterocycles. The van der Waals surface area contributed by atoms with Gasteiger partial charge in [0, 0.05) is 6.07 Å². The van der Waals surface area contributed by atoms with E-state index < -0.39 is 28.9 Å². The molecule has 0 saturated heterocycles. The fourth-order valence-electron chi connectivity index (χ4n) is 2.39. The van der Waals surface area contributed by atoms with Gasteiger partial charge in [0.05, 0.1) is 21.5 Å². The number of benzene rings is 2. The van der Waals surface area contributed by atoms with Crippen LogP contribution >= 0.6 is 11.6 Å². The average Bonchev–Trinajstić information content (AvgIpc) is 3.10. The van der Waals surface area contributed by atoms with Crippen molar-refractivity contribution in [2.24, 2.45) is 0 Å². The van der Waals surface area contributed by atoms with Crippen molar-refractivity contribution in [2.45, 2.75) is 0 Å². The van der Waals surface area contributed by atoms with E-state index in [0.717, 1.165) is 6.07 Å². The van der Waals surface area contributed by atoms with E-state index in [1.165, 1.54) is 12.1 Å². The maximum absolute atomic E-state index is 12.1. The third-order valence-electron chi connectivity index (χ3n) is 3.75. The number of nitrogens with one attached hydrogen (secondary N) is 1. The molecule has 0 saturated carbocycles. The number of hydrogen-bond donors (Lipinski definition) is 2. The van der Waals surface area contributed by atoms with Crippen molar-refractivity contribution in [3.05, 3.63) is 74.7 Å². The molecule has 0 fully saturated rings. The molecule has 0 aliphatic heterocycles. The van der Waals surface area contributed by atoms with E-state index in [4.69, 9.17) is 16.3 Å². The predicted molar refractivity (Wildman–Crippen MR) is 99.6 cm³/mol. The minimum absolute atomic E-state index is 0.119. The van der Waals surface area contributed by atoms with Crippen LogP contribution in [-0.4, -0.2) is 32.6 Å². The number of nitro benzene ring substituents is 1. The Bertz CT molecular complexity index is 1130. The summed E-state index contributed by atoms with van der Waals surface area (Å²) in [6.45, 7) is -0.616. The topological polar surface area (TPSA) is 142 Å². The van der Waals surface area contributed by atoms with Crippen LogP contribution in [0.5, 0.6) is 0 Å². The Morgan fingerprint density at radius 2 is 2.11 bits per heavy atom. The summed E-state index contributed by atoms with van der Waals surface area (Å²) in [5.74, 6) is -1.31. The summed E-state index contributed by atoms with van der Waals surface area (Å²) in [6.07, 6.45) is 0. The van der Waals surface area contributed by atoms with Crippen LogP contribution in [0.4, 0.5) is 5.69 Å². The third-order valence-corrected chi connectivity index (χ3v) is 4.06. The molecule has 10 heteroatoms. The van der Waals surface area contributed by atoms with Gasteiger partial charge >= 0.3 is 5.97 Å². The monoisotopic (exact) mass is 398 g/mol. The Kier molecular flexibility index (Phi) is 5.24. The molecule has 9 nitrogen and oxygen atoms in total. The van der Waals surface area contributed by atoms with Gasteiger partial charge in [-0.05, 0) is 24.3 Å². The van der Waals surface area contributed by atoms with Gasteiger partial charge in [-0.3, -0.25) is 10.1 Å². The molecule has 3 rings (SSSR count). The number of nitro groups is 1. The minimum atomic E-state index is -0.923. The van der Waals surface area contributed by atoms with Gasteiger partial charge in [0.1, 0.15) is 23.3 Å². The van der Waals surface area contributed by atoms with Crippen LogP contribution in [0.2, 0.25) is 5.02 Å². The summed E-state index contributed by atoms with van der Waals surface area (Å²) < 4.78 is 4.94. The molecule has 0 unspecified atom stereocenters. The summed E-state index contributed by atoms with van der Waals surface area (Å²) in [6, 6.07) is 12.3. The van der Waals surface area contributed by atoms with E-state index in [9.17, 15) is 25.3 Å². The Labute approximate surface area is 162 Å². The molecule has 0 aliphatic rings.